The van der Waals surface area contributed by atoms with E-state index in [0.717, 1.165) is 5.56 Å². The molecule has 0 unspecified atom stereocenters. The van der Waals surface area contributed by atoms with E-state index in [1.165, 1.54) is 12.1 Å². The number of methoxy groups -OCH3 is 1. The zero-order valence-electron chi connectivity index (χ0n) is 21.3. The molecule has 1 aliphatic heterocycles. The van der Waals surface area contributed by atoms with E-state index in [1.54, 1.807) is 46.1 Å². The average Bonchev–Trinajstić information content (AvgIpc) is 2.88. The monoisotopic (exact) mass is 507 g/mol. The third-order valence-corrected chi connectivity index (χ3v) is 6.78. The molecule has 194 valence electrons. The Morgan fingerprint density at radius 2 is 1.73 bits per heavy atom. The van der Waals surface area contributed by atoms with E-state index in [4.69, 9.17) is 14.2 Å². The predicted molar refractivity (Wildman–Crippen MR) is 134 cm³/mol. The summed E-state index contributed by atoms with van der Waals surface area (Å²) in [6, 6.07) is 12.9. The summed E-state index contributed by atoms with van der Waals surface area (Å²) in [5, 5.41) is 3.25. The van der Waals surface area contributed by atoms with Gasteiger partial charge in [-0.05, 0) is 62.6 Å². The first-order valence-electron chi connectivity index (χ1n) is 12.3. The molecule has 0 saturated heterocycles. The molecule has 1 N–H and O–H groups in total. The molecule has 0 bridgehead atoms. The minimum atomic E-state index is -1.13. The van der Waals surface area contributed by atoms with Gasteiger partial charge in [-0.1, -0.05) is 24.3 Å². The second kappa shape index (κ2) is 11.0. The van der Waals surface area contributed by atoms with Gasteiger partial charge in [0.2, 0.25) is 0 Å². The molecule has 0 radical (unpaired) electrons. The molecule has 3 atom stereocenters. The van der Waals surface area contributed by atoms with Crippen LogP contribution < -0.4 is 10.1 Å². The summed E-state index contributed by atoms with van der Waals surface area (Å²) in [4.78, 5) is 40.5. The molecule has 4 rings (SSSR count). The fourth-order valence-corrected chi connectivity index (χ4v) is 5.19. The molecule has 1 aliphatic carbocycles. The molecule has 2 aromatic rings. The number of hydrogen-bond acceptors (Lipinski definition) is 7. The predicted octanol–water partition coefficient (Wildman–Crippen LogP) is 4.55. The van der Waals surface area contributed by atoms with Gasteiger partial charge >= 0.3 is 11.9 Å². The summed E-state index contributed by atoms with van der Waals surface area (Å²) < 4.78 is 29.8. The highest BCUT2D eigenvalue weighted by atomic mass is 19.1. The van der Waals surface area contributed by atoms with E-state index in [2.05, 4.69) is 5.32 Å². The number of carbonyl (C=O) groups is 3. The number of halogens is 1. The largest absolute Gasteiger partial charge is 0.497 e. The van der Waals surface area contributed by atoms with Gasteiger partial charge in [0.1, 0.15) is 17.5 Å². The van der Waals surface area contributed by atoms with Gasteiger partial charge in [-0.2, -0.15) is 0 Å². The number of hydrogen-bond donors (Lipinski definition) is 1. The van der Waals surface area contributed by atoms with Crippen molar-refractivity contribution in [3.05, 3.63) is 88.0 Å². The Hall–Kier alpha value is -3.94. The lowest BCUT2D eigenvalue weighted by molar-refractivity contribution is -0.152. The van der Waals surface area contributed by atoms with E-state index in [1.807, 2.05) is 18.2 Å². The number of rotatable bonds is 7. The van der Waals surface area contributed by atoms with Crippen LogP contribution in [0, 0.1) is 11.7 Å². The molecule has 1 heterocycles. The summed E-state index contributed by atoms with van der Waals surface area (Å²) in [5.74, 6) is -3.96. The standard InChI is InChI=1S/C29H30FNO6/c1-5-36-28(33)23-16(3)31-22-15-21(18-8-7-9-20(14-18)35-4)25(29(34)37-6-2)27(32)26(22)24(23)17-10-12-19(30)13-11-17/h7-14,21,24-25,31H,5-6,15H2,1-4H3/t21-,24-,25-/m1/s1. The van der Waals surface area contributed by atoms with Crippen LogP contribution in [-0.4, -0.2) is 38.0 Å². The maximum absolute atomic E-state index is 14.2. The smallest absolute Gasteiger partial charge is 0.336 e. The van der Waals surface area contributed by atoms with Crippen molar-refractivity contribution in [2.24, 2.45) is 5.92 Å². The first-order chi connectivity index (χ1) is 17.8. The third kappa shape index (κ3) is 5.01. The Balaban J connectivity index is 1.89. The summed E-state index contributed by atoms with van der Waals surface area (Å²) >= 11 is 0. The molecule has 0 amide bonds. The fourth-order valence-electron chi connectivity index (χ4n) is 5.19. The van der Waals surface area contributed by atoms with Gasteiger partial charge in [-0.15, -0.1) is 0 Å². The highest BCUT2D eigenvalue weighted by Gasteiger charge is 2.49. The minimum absolute atomic E-state index is 0.117. The van der Waals surface area contributed by atoms with Crippen LogP contribution in [0.15, 0.2) is 71.1 Å². The summed E-state index contributed by atoms with van der Waals surface area (Å²) in [5.41, 5.74) is 3.00. The maximum atomic E-state index is 14.2. The third-order valence-electron chi connectivity index (χ3n) is 6.78. The van der Waals surface area contributed by atoms with E-state index in [9.17, 15) is 18.8 Å². The minimum Gasteiger partial charge on any atom is -0.497 e. The van der Waals surface area contributed by atoms with Crippen molar-refractivity contribution in [2.45, 2.75) is 39.0 Å². The Morgan fingerprint density at radius 1 is 1.03 bits per heavy atom. The van der Waals surface area contributed by atoms with Crippen molar-refractivity contribution in [2.75, 3.05) is 20.3 Å². The zero-order chi connectivity index (χ0) is 26.7. The number of nitrogens with one attached hydrogen (secondary N) is 1. The lowest BCUT2D eigenvalue weighted by atomic mass is 9.67. The number of esters is 2. The zero-order valence-corrected chi connectivity index (χ0v) is 21.3. The van der Waals surface area contributed by atoms with Crippen molar-refractivity contribution in [3.63, 3.8) is 0 Å². The van der Waals surface area contributed by atoms with Gasteiger partial charge in [0.25, 0.3) is 0 Å². The van der Waals surface area contributed by atoms with Gasteiger partial charge in [-0.25, -0.2) is 9.18 Å². The van der Waals surface area contributed by atoms with Crippen LogP contribution >= 0.6 is 0 Å². The van der Waals surface area contributed by atoms with Crippen molar-refractivity contribution in [1.82, 2.24) is 5.32 Å². The topological polar surface area (TPSA) is 90.9 Å². The van der Waals surface area contributed by atoms with E-state index < -0.39 is 41.3 Å². The molecule has 0 saturated carbocycles. The number of allylic oxidation sites excluding steroid dienone is 3. The van der Waals surface area contributed by atoms with Gasteiger partial charge in [0.05, 0.1) is 25.9 Å². The van der Waals surface area contributed by atoms with E-state index in [0.29, 0.717) is 29.1 Å². The van der Waals surface area contributed by atoms with E-state index >= 15 is 0 Å². The SMILES string of the molecule is CCOC(=O)C1=C(C)NC2=C(C(=O)[C@H](C(=O)OCC)[C@@H](c3cccc(OC)c3)C2)[C@@H]1c1ccc(F)cc1. The fraction of sp³-hybridized carbons (Fsp3) is 0.345. The van der Waals surface area contributed by atoms with Gasteiger partial charge in [0, 0.05) is 28.8 Å². The van der Waals surface area contributed by atoms with Crippen LogP contribution in [0.1, 0.15) is 50.2 Å². The molecule has 2 aromatic carbocycles. The second-order valence-corrected chi connectivity index (χ2v) is 8.94. The molecular formula is C29H30FNO6. The normalized spacial score (nSPS) is 21.2. The quantitative estimate of drug-likeness (QED) is 0.434. The number of ether oxygens (including phenoxy) is 3. The molecule has 0 aromatic heterocycles. The van der Waals surface area contributed by atoms with Crippen molar-refractivity contribution < 1.29 is 33.0 Å². The molecular weight excluding hydrogens is 477 g/mol. The first kappa shape index (κ1) is 26.1. The summed E-state index contributed by atoms with van der Waals surface area (Å²) in [7, 11) is 1.55. The van der Waals surface area contributed by atoms with Crippen LogP contribution in [0.5, 0.6) is 5.75 Å². The maximum Gasteiger partial charge on any atom is 0.336 e. The van der Waals surface area contributed by atoms with Gasteiger partial charge in [-0.3, -0.25) is 9.59 Å². The van der Waals surface area contributed by atoms with Gasteiger partial charge < -0.3 is 19.5 Å². The van der Waals surface area contributed by atoms with Crippen LogP contribution in [0.25, 0.3) is 0 Å². The molecule has 7 nitrogen and oxygen atoms in total. The van der Waals surface area contributed by atoms with Crippen LogP contribution in [0.2, 0.25) is 0 Å². The van der Waals surface area contributed by atoms with Crippen LogP contribution in [0.4, 0.5) is 4.39 Å². The van der Waals surface area contributed by atoms with Crippen molar-refractivity contribution in [1.29, 1.82) is 0 Å². The Labute approximate surface area is 215 Å². The van der Waals surface area contributed by atoms with Crippen molar-refractivity contribution >= 4 is 17.7 Å². The molecule has 8 heteroatoms. The van der Waals surface area contributed by atoms with Crippen LogP contribution in [0.3, 0.4) is 0 Å². The Bertz CT molecular complexity index is 1280. The average molecular weight is 508 g/mol. The lowest BCUT2D eigenvalue weighted by Crippen LogP contribution is -2.43. The molecule has 0 spiro atoms. The number of dihydropyridines is 1. The van der Waals surface area contributed by atoms with Crippen LogP contribution in [-0.2, 0) is 23.9 Å². The van der Waals surface area contributed by atoms with E-state index in [-0.39, 0.29) is 24.4 Å². The number of carbonyl (C=O) groups excluding carboxylic acids is 3. The number of ketones is 1. The molecule has 2 aliphatic rings. The number of Topliss-reactive ketones (excluding diaryl/α,β-unsaturated/α-hetero) is 1. The lowest BCUT2D eigenvalue weighted by Gasteiger charge is -2.39. The highest BCUT2D eigenvalue weighted by molar-refractivity contribution is 6.13. The summed E-state index contributed by atoms with van der Waals surface area (Å²) in [6.45, 7) is 5.39. The second-order valence-electron chi connectivity index (χ2n) is 8.94. The first-order valence-corrected chi connectivity index (χ1v) is 12.3. The Kier molecular flexibility index (Phi) is 7.76. The van der Waals surface area contributed by atoms with Gasteiger partial charge in [0.15, 0.2) is 5.78 Å². The van der Waals surface area contributed by atoms with Crippen molar-refractivity contribution in [3.8, 4) is 5.75 Å². The molecule has 37 heavy (non-hydrogen) atoms. The molecule has 0 fully saturated rings. The number of benzene rings is 2. The highest BCUT2D eigenvalue weighted by Crippen LogP contribution is 2.48. The summed E-state index contributed by atoms with van der Waals surface area (Å²) in [6.07, 6.45) is 0.322. The Morgan fingerprint density at radius 3 is 2.38 bits per heavy atom.